The zero-order valence-electron chi connectivity index (χ0n) is 6.50. The molecule has 5 heteroatoms. The highest BCUT2D eigenvalue weighted by Crippen LogP contribution is 2.24. The van der Waals surface area contributed by atoms with Crippen molar-refractivity contribution in [3.05, 3.63) is 23.8 Å². The molecule has 0 unspecified atom stereocenters. The lowest BCUT2D eigenvalue weighted by molar-refractivity contribution is 0.151. The van der Waals surface area contributed by atoms with Crippen LogP contribution in [0, 0.1) is 0 Å². The summed E-state index contributed by atoms with van der Waals surface area (Å²) in [4.78, 5) is 3.73. The molecule has 1 aromatic carbocycles. The van der Waals surface area contributed by atoms with Crippen LogP contribution in [0.2, 0.25) is 0 Å². The van der Waals surface area contributed by atoms with E-state index < -0.39 is 6.43 Å². The number of aromatic nitrogens is 1. The van der Waals surface area contributed by atoms with Gasteiger partial charge in [0, 0.05) is 5.56 Å². The molecule has 0 bridgehead atoms. The number of halogens is 2. The van der Waals surface area contributed by atoms with Crippen molar-refractivity contribution in [1.29, 1.82) is 0 Å². The molecule has 13 heavy (non-hydrogen) atoms. The second-order valence-electron chi connectivity index (χ2n) is 2.58. The van der Waals surface area contributed by atoms with Gasteiger partial charge in [-0.1, -0.05) is 0 Å². The second-order valence-corrected chi connectivity index (χ2v) is 2.58. The lowest BCUT2D eigenvalue weighted by Gasteiger charge is -1.96. The molecule has 0 spiro atoms. The molecule has 1 aromatic heterocycles. The topological polar surface area (TPSA) is 52.0 Å². The van der Waals surface area contributed by atoms with E-state index >= 15 is 0 Å². The van der Waals surface area contributed by atoms with Gasteiger partial charge < -0.3 is 10.2 Å². The van der Waals surface area contributed by atoms with Crippen LogP contribution < -0.4 is 5.73 Å². The Morgan fingerprint density at radius 1 is 1.38 bits per heavy atom. The molecular weight excluding hydrogens is 178 g/mol. The van der Waals surface area contributed by atoms with Gasteiger partial charge in [0.1, 0.15) is 5.52 Å². The minimum atomic E-state index is -2.50. The minimum absolute atomic E-state index is 0.0126. The fourth-order valence-corrected chi connectivity index (χ4v) is 1.10. The van der Waals surface area contributed by atoms with E-state index in [1.165, 1.54) is 18.2 Å². The highest BCUT2D eigenvalue weighted by Gasteiger charge is 2.09. The van der Waals surface area contributed by atoms with Crippen LogP contribution in [0.1, 0.15) is 12.0 Å². The molecule has 0 saturated carbocycles. The molecule has 3 nitrogen and oxygen atoms in total. The van der Waals surface area contributed by atoms with Crippen molar-refractivity contribution >= 4 is 17.1 Å². The summed E-state index contributed by atoms with van der Waals surface area (Å²) in [5.41, 5.74) is 5.94. The number of nitrogens with zero attached hydrogens (tertiary/aromatic N) is 1. The van der Waals surface area contributed by atoms with E-state index in [-0.39, 0.29) is 11.6 Å². The first kappa shape index (κ1) is 7.97. The van der Waals surface area contributed by atoms with Crippen molar-refractivity contribution < 1.29 is 13.2 Å². The molecule has 0 aliphatic rings. The number of hydrogen-bond acceptors (Lipinski definition) is 3. The van der Waals surface area contributed by atoms with Gasteiger partial charge in [0.05, 0.1) is 0 Å². The molecule has 1 heterocycles. The van der Waals surface area contributed by atoms with E-state index in [1.807, 2.05) is 0 Å². The lowest BCUT2D eigenvalue weighted by Crippen LogP contribution is -1.83. The van der Waals surface area contributed by atoms with E-state index in [2.05, 4.69) is 4.98 Å². The summed E-state index contributed by atoms with van der Waals surface area (Å²) in [7, 11) is 0. The van der Waals surface area contributed by atoms with E-state index in [0.717, 1.165) is 0 Å². The van der Waals surface area contributed by atoms with Crippen LogP contribution in [0.5, 0.6) is 0 Å². The van der Waals surface area contributed by atoms with Gasteiger partial charge in [-0.3, -0.25) is 0 Å². The third-order valence-corrected chi connectivity index (χ3v) is 1.68. The summed E-state index contributed by atoms with van der Waals surface area (Å²) >= 11 is 0. The smallest absolute Gasteiger partial charge is 0.292 e. The predicted molar refractivity (Wildman–Crippen MR) is 43.4 cm³/mol. The fourth-order valence-electron chi connectivity index (χ4n) is 1.10. The van der Waals surface area contributed by atoms with Crippen molar-refractivity contribution in [3.8, 4) is 0 Å². The SMILES string of the molecule is Nc1nc2cc(C(F)F)ccc2o1. The van der Waals surface area contributed by atoms with E-state index in [0.29, 0.717) is 11.1 Å². The van der Waals surface area contributed by atoms with Crippen LogP contribution in [-0.2, 0) is 0 Å². The van der Waals surface area contributed by atoms with Gasteiger partial charge in [-0.15, -0.1) is 0 Å². The van der Waals surface area contributed by atoms with Crippen molar-refractivity contribution in [2.24, 2.45) is 0 Å². The van der Waals surface area contributed by atoms with Crippen LogP contribution in [0.25, 0.3) is 11.1 Å². The number of benzene rings is 1. The normalized spacial score (nSPS) is 11.3. The van der Waals surface area contributed by atoms with Crippen LogP contribution in [0.15, 0.2) is 22.6 Å². The van der Waals surface area contributed by atoms with Gasteiger partial charge in [0.2, 0.25) is 0 Å². The number of oxazole rings is 1. The van der Waals surface area contributed by atoms with Crippen LogP contribution >= 0.6 is 0 Å². The molecule has 2 N–H and O–H groups in total. The average molecular weight is 184 g/mol. The molecule has 68 valence electrons. The zero-order valence-corrected chi connectivity index (χ0v) is 6.50. The Morgan fingerprint density at radius 2 is 2.15 bits per heavy atom. The van der Waals surface area contributed by atoms with E-state index in [4.69, 9.17) is 10.2 Å². The molecule has 0 aliphatic carbocycles. The molecule has 2 aromatic rings. The molecule has 2 rings (SSSR count). The number of anilines is 1. The number of nitrogens with two attached hydrogens (primary N) is 1. The van der Waals surface area contributed by atoms with Gasteiger partial charge in [0.15, 0.2) is 5.58 Å². The molecule has 0 saturated heterocycles. The van der Waals surface area contributed by atoms with Gasteiger partial charge in [-0.05, 0) is 18.2 Å². The summed E-state index contributed by atoms with van der Waals surface area (Å²) in [6.07, 6.45) is -2.50. The third-order valence-electron chi connectivity index (χ3n) is 1.68. The Bertz CT molecular complexity index is 439. The molecule has 0 radical (unpaired) electrons. The Morgan fingerprint density at radius 3 is 2.85 bits per heavy atom. The minimum Gasteiger partial charge on any atom is -0.424 e. The Labute approximate surface area is 72.2 Å². The largest absolute Gasteiger partial charge is 0.424 e. The summed E-state index contributed by atoms with van der Waals surface area (Å²) in [5, 5.41) is 0. The maximum Gasteiger partial charge on any atom is 0.292 e. The van der Waals surface area contributed by atoms with Crippen LogP contribution in [0.3, 0.4) is 0 Å². The highest BCUT2D eigenvalue weighted by atomic mass is 19.3. The molecule has 0 atom stereocenters. The summed E-state index contributed by atoms with van der Waals surface area (Å²) in [5.74, 6) is 0. The van der Waals surface area contributed by atoms with Gasteiger partial charge in [0.25, 0.3) is 12.4 Å². The maximum absolute atomic E-state index is 12.2. The predicted octanol–water partition coefficient (Wildman–Crippen LogP) is 2.35. The second kappa shape index (κ2) is 2.69. The van der Waals surface area contributed by atoms with Gasteiger partial charge in [-0.25, -0.2) is 8.78 Å². The number of rotatable bonds is 1. The Balaban J connectivity index is 2.61. The van der Waals surface area contributed by atoms with E-state index in [1.54, 1.807) is 0 Å². The van der Waals surface area contributed by atoms with Crippen LogP contribution in [-0.4, -0.2) is 4.98 Å². The highest BCUT2D eigenvalue weighted by molar-refractivity contribution is 5.74. The monoisotopic (exact) mass is 184 g/mol. The first-order valence-corrected chi connectivity index (χ1v) is 3.61. The molecule has 0 amide bonds. The van der Waals surface area contributed by atoms with Gasteiger partial charge >= 0.3 is 0 Å². The van der Waals surface area contributed by atoms with Gasteiger partial charge in [-0.2, -0.15) is 4.98 Å². The summed E-state index contributed by atoms with van der Waals surface area (Å²) in [6.45, 7) is 0. The molecule has 0 aliphatic heterocycles. The number of alkyl halides is 2. The van der Waals surface area contributed by atoms with Crippen molar-refractivity contribution in [1.82, 2.24) is 4.98 Å². The summed E-state index contributed by atoms with van der Waals surface area (Å²) < 4.78 is 29.3. The van der Waals surface area contributed by atoms with Crippen molar-refractivity contribution in [3.63, 3.8) is 0 Å². The first-order valence-electron chi connectivity index (χ1n) is 3.61. The third kappa shape index (κ3) is 1.32. The average Bonchev–Trinajstić information content (AvgIpc) is 2.42. The maximum atomic E-state index is 12.2. The van der Waals surface area contributed by atoms with E-state index in [9.17, 15) is 8.78 Å². The quantitative estimate of drug-likeness (QED) is 0.740. The number of fused-ring (bicyclic) bond motifs is 1. The Hall–Kier alpha value is -1.65. The first-order chi connectivity index (χ1) is 6.16. The molecular formula is C8H6F2N2O. The van der Waals surface area contributed by atoms with Crippen molar-refractivity contribution in [2.75, 3.05) is 5.73 Å². The Kier molecular flexibility index (Phi) is 1.65. The number of nitrogen functional groups attached to an aromatic ring is 1. The lowest BCUT2D eigenvalue weighted by atomic mass is 10.2. The van der Waals surface area contributed by atoms with Crippen molar-refractivity contribution in [2.45, 2.75) is 6.43 Å². The molecule has 0 fully saturated rings. The number of hydrogen-bond donors (Lipinski definition) is 1. The standard InChI is InChI=1S/C8H6F2N2O/c9-7(10)4-1-2-6-5(3-4)12-8(11)13-6/h1-3,7H,(H2,11,12). The summed E-state index contributed by atoms with van der Waals surface area (Å²) in [6, 6.07) is 3.97. The fraction of sp³-hybridized carbons (Fsp3) is 0.125. The zero-order chi connectivity index (χ0) is 9.42. The van der Waals surface area contributed by atoms with Crippen LogP contribution in [0.4, 0.5) is 14.8 Å².